The number of nitrogens with zero attached hydrogens (tertiary/aromatic N) is 1. The molecule has 1 amide bonds. The molecular formula is C20H27N3O2. The van der Waals surface area contributed by atoms with Crippen molar-refractivity contribution >= 4 is 5.91 Å². The highest BCUT2D eigenvalue weighted by Crippen LogP contribution is 2.18. The maximum Gasteiger partial charge on any atom is 0.263 e. The van der Waals surface area contributed by atoms with Gasteiger partial charge >= 0.3 is 0 Å². The maximum absolute atomic E-state index is 12.4. The maximum atomic E-state index is 12.4. The van der Waals surface area contributed by atoms with E-state index in [1.54, 1.807) is 13.3 Å². The fourth-order valence-electron chi connectivity index (χ4n) is 3.05. The minimum Gasteiger partial charge on any atom is -0.497 e. The molecule has 1 unspecified atom stereocenters. The number of nitrogens with one attached hydrogen (secondary N) is 2. The van der Waals surface area contributed by atoms with Gasteiger partial charge in [0.25, 0.3) is 5.91 Å². The van der Waals surface area contributed by atoms with E-state index in [1.165, 1.54) is 25.7 Å². The molecule has 25 heavy (non-hydrogen) atoms. The number of benzene rings is 1. The number of rotatable bonds is 6. The smallest absolute Gasteiger partial charge is 0.263 e. The highest BCUT2D eigenvalue weighted by atomic mass is 16.5. The van der Waals surface area contributed by atoms with E-state index in [4.69, 9.17) is 4.74 Å². The third kappa shape index (κ3) is 5.82. The standard InChI is InChI=1S/C20H27N3O2/c1-15(16-9-11-19(25-2)12-10-16)23-20(24)17(13-21)14-22-18-7-5-3-4-6-8-18/h9-12,14-15,18,22H,3-8H2,1-2H3,(H,23,24)/b17-14-. The van der Waals surface area contributed by atoms with Crippen LogP contribution in [-0.4, -0.2) is 19.1 Å². The normalized spacial score (nSPS) is 17.1. The second-order valence-electron chi connectivity index (χ2n) is 6.49. The molecule has 1 aliphatic rings. The highest BCUT2D eigenvalue weighted by molar-refractivity contribution is 5.97. The van der Waals surface area contributed by atoms with Gasteiger partial charge in [0.05, 0.1) is 13.2 Å². The Balaban J connectivity index is 1.93. The van der Waals surface area contributed by atoms with Crippen molar-refractivity contribution in [1.29, 1.82) is 5.26 Å². The van der Waals surface area contributed by atoms with E-state index in [2.05, 4.69) is 10.6 Å². The predicted molar refractivity (Wildman–Crippen MR) is 97.9 cm³/mol. The Morgan fingerprint density at radius 1 is 1.24 bits per heavy atom. The molecule has 5 heteroatoms. The van der Waals surface area contributed by atoms with E-state index in [0.29, 0.717) is 6.04 Å². The average molecular weight is 341 g/mol. The number of hydrogen-bond donors (Lipinski definition) is 2. The largest absolute Gasteiger partial charge is 0.497 e. The van der Waals surface area contributed by atoms with Gasteiger partial charge in [-0.05, 0) is 37.5 Å². The number of carbonyl (C=O) groups is 1. The quantitative estimate of drug-likeness (QED) is 0.471. The number of carbonyl (C=O) groups excluding carboxylic acids is 1. The lowest BCUT2D eigenvalue weighted by molar-refractivity contribution is -0.117. The van der Waals surface area contributed by atoms with Gasteiger partial charge in [-0.1, -0.05) is 37.8 Å². The van der Waals surface area contributed by atoms with Crippen molar-refractivity contribution in [3.05, 3.63) is 41.6 Å². The highest BCUT2D eigenvalue weighted by Gasteiger charge is 2.15. The summed E-state index contributed by atoms with van der Waals surface area (Å²) in [5, 5.41) is 15.4. The van der Waals surface area contributed by atoms with E-state index < -0.39 is 0 Å². The van der Waals surface area contributed by atoms with Crippen molar-refractivity contribution in [2.75, 3.05) is 7.11 Å². The molecule has 1 aromatic rings. The molecule has 0 spiro atoms. The Bertz CT molecular complexity index is 623. The molecule has 134 valence electrons. The second-order valence-corrected chi connectivity index (χ2v) is 6.49. The molecule has 2 rings (SSSR count). The van der Waals surface area contributed by atoms with Gasteiger partial charge in [0, 0.05) is 12.2 Å². The SMILES string of the molecule is COc1ccc(C(C)NC(=O)/C(C#N)=C\NC2CCCCCC2)cc1. The second kappa shape index (κ2) is 9.73. The van der Waals surface area contributed by atoms with E-state index in [1.807, 2.05) is 37.3 Å². The zero-order chi connectivity index (χ0) is 18.1. The van der Waals surface area contributed by atoms with Crippen LogP contribution in [0.15, 0.2) is 36.0 Å². The van der Waals surface area contributed by atoms with Crippen molar-refractivity contribution in [2.24, 2.45) is 0 Å². The summed E-state index contributed by atoms with van der Waals surface area (Å²) in [5.41, 5.74) is 1.08. The van der Waals surface area contributed by atoms with E-state index in [0.717, 1.165) is 24.2 Å². The lowest BCUT2D eigenvalue weighted by atomic mass is 10.1. The number of methoxy groups -OCH3 is 1. The van der Waals surface area contributed by atoms with Gasteiger partial charge in [-0.2, -0.15) is 5.26 Å². The molecule has 1 aromatic carbocycles. The Morgan fingerprint density at radius 2 is 1.88 bits per heavy atom. The summed E-state index contributed by atoms with van der Waals surface area (Å²) in [7, 11) is 1.62. The third-order valence-electron chi connectivity index (χ3n) is 4.65. The van der Waals surface area contributed by atoms with Gasteiger partial charge in [0.15, 0.2) is 0 Å². The van der Waals surface area contributed by atoms with Crippen LogP contribution >= 0.6 is 0 Å². The molecule has 0 bridgehead atoms. The lowest BCUT2D eigenvalue weighted by Crippen LogP contribution is -2.30. The molecule has 0 heterocycles. The first kappa shape index (κ1) is 18.9. The first-order valence-corrected chi connectivity index (χ1v) is 8.95. The topological polar surface area (TPSA) is 74.1 Å². The average Bonchev–Trinajstić information content (AvgIpc) is 2.91. The molecule has 0 aromatic heterocycles. The van der Waals surface area contributed by atoms with Crippen LogP contribution in [0.5, 0.6) is 5.75 Å². The first-order valence-electron chi connectivity index (χ1n) is 8.95. The number of ether oxygens (including phenoxy) is 1. The van der Waals surface area contributed by atoms with Crippen molar-refractivity contribution in [3.8, 4) is 11.8 Å². The molecule has 1 saturated carbocycles. The Kier molecular flexibility index (Phi) is 7.34. The Labute approximate surface area is 150 Å². The molecule has 1 atom stereocenters. The monoisotopic (exact) mass is 341 g/mol. The predicted octanol–water partition coefficient (Wildman–Crippen LogP) is 3.59. The van der Waals surface area contributed by atoms with Crippen LogP contribution in [-0.2, 0) is 4.79 Å². The van der Waals surface area contributed by atoms with E-state index in [-0.39, 0.29) is 17.5 Å². The number of nitriles is 1. The molecule has 1 fully saturated rings. The van der Waals surface area contributed by atoms with Gasteiger partial charge in [-0.3, -0.25) is 4.79 Å². The van der Waals surface area contributed by atoms with Crippen molar-refractivity contribution in [1.82, 2.24) is 10.6 Å². The molecule has 1 aliphatic carbocycles. The lowest BCUT2D eigenvalue weighted by Gasteiger charge is -2.16. The van der Waals surface area contributed by atoms with Crippen molar-refractivity contribution < 1.29 is 9.53 Å². The van der Waals surface area contributed by atoms with Crippen LogP contribution in [0.3, 0.4) is 0 Å². The fraction of sp³-hybridized carbons (Fsp3) is 0.500. The zero-order valence-electron chi connectivity index (χ0n) is 15.0. The van der Waals surface area contributed by atoms with Crippen LogP contribution in [0.2, 0.25) is 0 Å². The molecule has 5 nitrogen and oxygen atoms in total. The van der Waals surface area contributed by atoms with Gasteiger partial charge in [0.1, 0.15) is 17.4 Å². The summed E-state index contributed by atoms with van der Waals surface area (Å²) in [6, 6.07) is 9.69. The summed E-state index contributed by atoms with van der Waals surface area (Å²) in [6.07, 6.45) is 8.71. The summed E-state index contributed by atoms with van der Waals surface area (Å²) >= 11 is 0. The van der Waals surface area contributed by atoms with Gasteiger partial charge in [-0.15, -0.1) is 0 Å². The molecular weight excluding hydrogens is 314 g/mol. The molecule has 2 N–H and O–H groups in total. The van der Waals surface area contributed by atoms with Crippen molar-refractivity contribution in [3.63, 3.8) is 0 Å². The van der Waals surface area contributed by atoms with Crippen molar-refractivity contribution in [2.45, 2.75) is 57.5 Å². The van der Waals surface area contributed by atoms with E-state index in [9.17, 15) is 10.1 Å². The number of hydrogen-bond acceptors (Lipinski definition) is 4. The minimum atomic E-state index is -0.355. The fourth-order valence-corrected chi connectivity index (χ4v) is 3.05. The molecule has 0 radical (unpaired) electrons. The van der Waals surface area contributed by atoms with Crippen LogP contribution in [0.4, 0.5) is 0 Å². The molecule has 0 aliphatic heterocycles. The summed E-state index contributed by atoms with van der Waals surface area (Å²) in [4.78, 5) is 12.4. The number of amides is 1. The van der Waals surface area contributed by atoms with Crippen LogP contribution in [0.1, 0.15) is 57.1 Å². The van der Waals surface area contributed by atoms with Gasteiger partial charge in [-0.25, -0.2) is 0 Å². The van der Waals surface area contributed by atoms with Crippen LogP contribution in [0.25, 0.3) is 0 Å². The van der Waals surface area contributed by atoms with Crippen LogP contribution in [0, 0.1) is 11.3 Å². The Hall–Kier alpha value is -2.48. The third-order valence-corrected chi connectivity index (χ3v) is 4.65. The van der Waals surface area contributed by atoms with Gasteiger partial charge in [0.2, 0.25) is 0 Å². The summed E-state index contributed by atoms with van der Waals surface area (Å²) in [5.74, 6) is 0.416. The minimum absolute atomic E-state index is 0.115. The summed E-state index contributed by atoms with van der Waals surface area (Å²) < 4.78 is 5.14. The zero-order valence-corrected chi connectivity index (χ0v) is 15.0. The first-order chi connectivity index (χ1) is 12.1. The van der Waals surface area contributed by atoms with Crippen LogP contribution < -0.4 is 15.4 Å². The van der Waals surface area contributed by atoms with E-state index >= 15 is 0 Å². The summed E-state index contributed by atoms with van der Waals surface area (Å²) in [6.45, 7) is 1.90. The van der Waals surface area contributed by atoms with Gasteiger partial charge < -0.3 is 15.4 Å². The molecule has 0 saturated heterocycles. The Morgan fingerprint density at radius 3 is 2.44 bits per heavy atom.